The maximum absolute atomic E-state index is 14.2. The number of benzene rings is 5. The Morgan fingerprint density at radius 3 is 1.67 bits per heavy atom. The second kappa shape index (κ2) is 17.1. The van der Waals surface area contributed by atoms with Crippen molar-refractivity contribution < 1.29 is 28.9 Å². The van der Waals surface area contributed by atoms with Crippen molar-refractivity contribution in [2.75, 3.05) is 0 Å². The fourth-order valence-electron chi connectivity index (χ4n) is 8.65. The van der Waals surface area contributed by atoms with Crippen molar-refractivity contribution in [3.05, 3.63) is 182 Å². The van der Waals surface area contributed by atoms with Gasteiger partial charge in [0.1, 0.15) is 5.71 Å². The molecular weight excluding hydrogens is 809 g/mol. The molecule has 0 spiro atoms. The zero-order valence-electron chi connectivity index (χ0n) is 35.1. The monoisotopic (exact) mass is 850 g/mol. The first-order valence-electron chi connectivity index (χ1n) is 20.8. The van der Waals surface area contributed by atoms with Gasteiger partial charge in [0.2, 0.25) is 11.6 Å². The van der Waals surface area contributed by atoms with Crippen LogP contribution in [0.25, 0.3) is 38.8 Å². The number of aryl methyl sites for hydroxylation is 2. The molecule has 1 unspecified atom stereocenters. The molecule has 0 radical (unpaired) electrons. The lowest BCUT2D eigenvalue weighted by atomic mass is 9.85. The van der Waals surface area contributed by atoms with Gasteiger partial charge in [-0.1, -0.05) is 83.1 Å². The van der Waals surface area contributed by atoms with Gasteiger partial charge in [-0.25, -0.2) is 9.59 Å². The Balaban J connectivity index is 1.03. The molecule has 3 aromatic heterocycles. The minimum absolute atomic E-state index is 0.165. The first-order chi connectivity index (χ1) is 30.6. The van der Waals surface area contributed by atoms with E-state index >= 15 is 0 Å². The predicted molar refractivity (Wildman–Crippen MR) is 249 cm³/mol. The van der Waals surface area contributed by atoms with Gasteiger partial charge in [-0.05, 0) is 98.1 Å². The van der Waals surface area contributed by atoms with Gasteiger partial charge < -0.3 is 18.8 Å². The van der Waals surface area contributed by atoms with E-state index in [9.17, 15) is 19.2 Å². The van der Waals surface area contributed by atoms with Gasteiger partial charge in [0.05, 0.1) is 15.5 Å². The molecule has 1 aliphatic carbocycles. The number of ketones is 2. The third kappa shape index (κ3) is 7.72. The van der Waals surface area contributed by atoms with E-state index in [-0.39, 0.29) is 17.5 Å². The molecule has 0 saturated carbocycles. The van der Waals surface area contributed by atoms with Crippen molar-refractivity contribution in [2.45, 2.75) is 47.2 Å². The Bertz CT molecular complexity index is 3220. The molecule has 1 atom stereocenters. The van der Waals surface area contributed by atoms with Gasteiger partial charge >= 0.3 is 11.9 Å². The van der Waals surface area contributed by atoms with Crippen LogP contribution < -0.4 is 0 Å². The number of hydrogen-bond acceptors (Lipinski definition) is 9. The summed E-state index contributed by atoms with van der Waals surface area (Å²) in [6.45, 7) is 8.28. The van der Waals surface area contributed by atoms with Gasteiger partial charge in [-0.2, -0.15) is 0 Å². The van der Waals surface area contributed by atoms with Crippen LogP contribution in [0.2, 0.25) is 0 Å². The lowest BCUT2D eigenvalue weighted by Crippen LogP contribution is -2.20. The predicted octanol–water partition coefficient (Wildman–Crippen LogP) is 10.8. The van der Waals surface area contributed by atoms with E-state index in [0.717, 1.165) is 67.2 Å². The minimum atomic E-state index is -0.519. The molecule has 11 heteroatoms. The number of nitrogens with zero attached hydrogens (tertiary/aromatic N) is 4. The Kier molecular flexibility index (Phi) is 11.1. The molecule has 5 aromatic carbocycles. The van der Waals surface area contributed by atoms with Crippen LogP contribution in [0.15, 0.2) is 144 Å². The SMILES string of the molecule is CCn1c2c(c3cc(C(=O)c4ccc(C(=O)c5ccc6c(c5)c5cc(/C(=N\OC(C)=O)c7ccccc7)ccc5n6CC)s4)ccc31)CC(/C(=N\OC(C)=O)c1ccccc1)C=C2. The summed E-state index contributed by atoms with van der Waals surface area (Å²) in [6.07, 6.45) is 4.79. The molecule has 63 heavy (non-hydrogen) atoms. The minimum Gasteiger partial charge on any atom is -0.341 e. The fourth-order valence-corrected chi connectivity index (χ4v) is 9.58. The van der Waals surface area contributed by atoms with Gasteiger partial charge in [0, 0.05) is 93.5 Å². The molecule has 10 nitrogen and oxygen atoms in total. The fraction of sp³-hybridized carbons (Fsp3) is 0.154. The number of rotatable bonds is 12. The lowest BCUT2D eigenvalue weighted by Gasteiger charge is -2.20. The van der Waals surface area contributed by atoms with Gasteiger partial charge in [0.25, 0.3) is 0 Å². The zero-order valence-corrected chi connectivity index (χ0v) is 35.9. The van der Waals surface area contributed by atoms with Gasteiger partial charge in [-0.15, -0.1) is 11.3 Å². The average Bonchev–Trinajstić information content (AvgIpc) is 4.01. The molecule has 0 amide bonds. The van der Waals surface area contributed by atoms with Crippen LogP contribution in [-0.4, -0.2) is 44.1 Å². The summed E-state index contributed by atoms with van der Waals surface area (Å²) in [5.41, 5.74) is 9.75. The summed E-state index contributed by atoms with van der Waals surface area (Å²) < 4.78 is 4.45. The summed E-state index contributed by atoms with van der Waals surface area (Å²) in [4.78, 5) is 63.2. The number of oxime groups is 2. The van der Waals surface area contributed by atoms with Crippen molar-refractivity contribution >= 4 is 85.1 Å². The molecular formula is C52H42N4O6S. The number of hydrogen-bond donors (Lipinski definition) is 0. The second-order valence-corrected chi connectivity index (χ2v) is 16.4. The molecule has 0 aliphatic heterocycles. The third-order valence-electron chi connectivity index (χ3n) is 11.5. The smallest absolute Gasteiger partial charge is 0.332 e. The first-order valence-corrected chi connectivity index (χ1v) is 21.7. The highest BCUT2D eigenvalue weighted by molar-refractivity contribution is 7.16. The highest BCUT2D eigenvalue weighted by atomic mass is 32.1. The number of thiophene rings is 1. The van der Waals surface area contributed by atoms with Crippen LogP contribution in [0.5, 0.6) is 0 Å². The molecule has 8 aromatic rings. The van der Waals surface area contributed by atoms with E-state index < -0.39 is 11.9 Å². The second-order valence-electron chi connectivity index (χ2n) is 15.4. The molecule has 0 N–H and O–H groups in total. The van der Waals surface area contributed by atoms with Crippen LogP contribution in [0.3, 0.4) is 0 Å². The van der Waals surface area contributed by atoms with Crippen LogP contribution in [-0.2, 0) is 38.8 Å². The summed E-state index contributed by atoms with van der Waals surface area (Å²) in [5.74, 6) is -1.53. The highest BCUT2D eigenvalue weighted by Crippen LogP contribution is 2.37. The maximum Gasteiger partial charge on any atom is 0.332 e. The molecule has 3 heterocycles. The van der Waals surface area contributed by atoms with Crippen molar-refractivity contribution in [3.8, 4) is 0 Å². The summed E-state index contributed by atoms with van der Waals surface area (Å²) >= 11 is 1.19. The van der Waals surface area contributed by atoms with E-state index in [2.05, 4.69) is 45.4 Å². The largest absolute Gasteiger partial charge is 0.341 e. The quantitative estimate of drug-likeness (QED) is 0.0522. The highest BCUT2D eigenvalue weighted by Gasteiger charge is 2.27. The van der Waals surface area contributed by atoms with Crippen LogP contribution >= 0.6 is 11.3 Å². The lowest BCUT2D eigenvalue weighted by molar-refractivity contribution is -0.141. The van der Waals surface area contributed by atoms with Gasteiger partial charge in [0.15, 0.2) is 0 Å². The molecule has 0 bridgehead atoms. The first kappa shape index (κ1) is 40.9. The number of carbonyl (C=O) groups is 4. The van der Waals surface area contributed by atoms with Crippen LogP contribution in [0.1, 0.15) is 86.1 Å². The molecule has 1 aliphatic rings. The summed E-state index contributed by atoms with van der Waals surface area (Å²) in [6, 6.07) is 40.2. The summed E-state index contributed by atoms with van der Waals surface area (Å²) in [7, 11) is 0. The number of aromatic nitrogens is 2. The Morgan fingerprint density at radius 1 is 0.587 bits per heavy atom. The zero-order chi connectivity index (χ0) is 43.8. The number of carbonyl (C=O) groups excluding carboxylic acids is 4. The Morgan fingerprint density at radius 2 is 1.10 bits per heavy atom. The van der Waals surface area contributed by atoms with E-state index in [4.69, 9.17) is 9.68 Å². The van der Waals surface area contributed by atoms with Crippen LogP contribution in [0.4, 0.5) is 0 Å². The van der Waals surface area contributed by atoms with Crippen molar-refractivity contribution in [3.63, 3.8) is 0 Å². The number of allylic oxidation sites excluding steroid dienone is 1. The maximum atomic E-state index is 14.2. The van der Waals surface area contributed by atoms with Crippen LogP contribution in [0, 0.1) is 5.92 Å². The van der Waals surface area contributed by atoms with Gasteiger partial charge in [-0.3, -0.25) is 9.59 Å². The Hall–Kier alpha value is -7.50. The van der Waals surface area contributed by atoms with Crippen molar-refractivity contribution in [2.24, 2.45) is 16.2 Å². The van der Waals surface area contributed by atoms with Crippen molar-refractivity contribution in [1.29, 1.82) is 0 Å². The summed E-state index contributed by atoms with van der Waals surface area (Å²) in [5, 5.41) is 11.3. The molecule has 312 valence electrons. The normalized spacial score (nSPS) is 14.0. The topological polar surface area (TPSA) is 121 Å². The molecule has 0 fully saturated rings. The van der Waals surface area contributed by atoms with E-state index in [1.165, 1.54) is 25.2 Å². The average molecular weight is 851 g/mol. The van der Waals surface area contributed by atoms with E-state index in [1.807, 2.05) is 115 Å². The van der Waals surface area contributed by atoms with Crippen molar-refractivity contribution in [1.82, 2.24) is 9.13 Å². The van der Waals surface area contributed by atoms with E-state index in [1.54, 1.807) is 12.1 Å². The molecule has 0 saturated heterocycles. The number of fused-ring (bicyclic) bond motifs is 6. The third-order valence-corrected chi connectivity index (χ3v) is 12.6. The Labute approximate surface area is 367 Å². The standard InChI is InChI=1S/C52H42N4O6S/c1-5-55-43-21-17-35(49(53-61-31(3)57)33-13-9-7-10-14-33)27-39(43)41-29-37(19-23-45(41)55)51(59)47-25-26-48(63-47)52(60)38-20-24-46-42(30-38)40-28-36(18-22-44(40)56(46)6-2)50(54-62-32(4)58)34-15-11-8-12-16-34/h7-27,29-30,36H,5-6,28H2,1-4H3/b53-49-,54-50-. The van der Waals surface area contributed by atoms with E-state index in [0.29, 0.717) is 45.3 Å². The molecule has 9 rings (SSSR count).